The van der Waals surface area contributed by atoms with Crippen LogP contribution in [0.2, 0.25) is 0 Å². The molecule has 2 heterocycles. The summed E-state index contributed by atoms with van der Waals surface area (Å²) in [6.45, 7) is 5.26. The van der Waals surface area contributed by atoms with E-state index in [9.17, 15) is 18.4 Å². The number of fused-ring (bicyclic) bond motifs is 1. The number of ether oxygens (including phenoxy) is 1. The van der Waals surface area contributed by atoms with Crippen molar-refractivity contribution in [1.82, 2.24) is 14.3 Å². The van der Waals surface area contributed by atoms with E-state index in [2.05, 4.69) is 10.1 Å². The third-order valence-electron chi connectivity index (χ3n) is 3.84. The molecule has 10 heteroatoms. The highest BCUT2D eigenvalue weighted by Crippen LogP contribution is 2.22. The molecule has 3 aromatic rings. The Hall–Kier alpha value is -2.88. The number of thiazole rings is 1. The summed E-state index contributed by atoms with van der Waals surface area (Å²) < 4.78 is 35.9. The van der Waals surface area contributed by atoms with E-state index in [0.29, 0.717) is 6.07 Å². The van der Waals surface area contributed by atoms with E-state index < -0.39 is 23.5 Å². The smallest absolute Gasteiger partial charge is 0.326 e. The van der Waals surface area contributed by atoms with Crippen molar-refractivity contribution in [2.24, 2.45) is 4.99 Å². The molecule has 0 bridgehead atoms. The maximum absolute atomic E-state index is 14.4. The fourth-order valence-corrected chi connectivity index (χ4v) is 3.65. The predicted octanol–water partition coefficient (Wildman–Crippen LogP) is 3.06. The van der Waals surface area contributed by atoms with Crippen LogP contribution in [0, 0.1) is 11.6 Å². The van der Waals surface area contributed by atoms with Gasteiger partial charge in [-0.25, -0.2) is 8.78 Å². The Bertz CT molecular complexity index is 1110. The first-order valence-corrected chi connectivity index (χ1v) is 9.40. The van der Waals surface area contributed by atoms with Gasteiger partial charge in [-0.15, -0.1) is 0 Å². The summed E-state index contributed by atoms with van der Waals surface area (Å²) in [6.07, 6.45) is 1.65. The van der Waals surface area contributed by atoms with Gasteiger partial charge < -0.3 is 9.30 Å². The molecular weight excluding hydrogens is 390 g/mol. The van der Waals surface area contributed by atoms with Gasteiger partial charge in [-0.05, 0) is 32.9 Å². The number of carbonyl (C=O) groups is 2. The van der Waals surface area contributed by atoms with E-state index >= 15 is 0 Å². The Labute approximate surface area is 162 Å². The summed E-state index contributed by atoms with van der Waals surface area (Å²) in [5, 5.41) is 4.15. The summed E-state index contributed by atoms with van der Waals surface area (Å²) in [4.78, 5) is 28.5. The predicted molar refractivity (Wildman–Crippen MR) is 98.9 cm³/mol. The van der Waals surface area contributed by atoms with Gasteiger partial charge in [0.25, 0.3) is 5.91 Å². The molecular formula is C18H18F2N4O3S. The third kappa shape index (κ3) is 4.01. The van der Waals surface area contributed by atoms with Crippen molar-refractivity contribution in [3.8, 4) is 0 Å². The number of amides is 1. The van der Waals surface area contributed by atoms with Gasteiger partial charge in [0.15, 0.2) is 16.3 Å². The van der Waals surface area contributed by atoms with Crippen LogP contribution in [0.1, 0.15) is 37.3 Å². The molecule has 1 amide bonds. The first kappa shape index (κ1) is 19.9. The number of carbonyl (C=O) groups excluding carboxylic acids is 2. The van der Waals surface area contributed by atoms with Crippen molar-refractivity contribution in [2.75, 3.05) is 6.61 Å². The third-order valence-corrected chi connectivity index (χ3v) is 4.87. The monoisotopic (exact) mass is 408 g/mol. The molecule has 28 heavy (non-hydrogen) atoms. The van der Waals surface area contributed by atoms with E-state index in [4.69, 9.17) is 4.74 Å². The summed E-state index contributed by atoms with van der Waals surface area (Å²) in [5.41, 5.74) is 0.0965. The number of halogens is 2. The van der Waals surface area contributed by atoms with Crippen LogP contribution in [-0.2, 0) is 16.1 Å². The highest BCUT2D eigenvalue weighted by molar-refractivity contribution is 7.16. The van der Waals surface area contributed by atoms with E-state index in [1.807, 2.05) is 13.8 Å². The lowest BCUT2D eigenvalue weighted by atomic mass is 10.3. The molecule has 0 saturated carbocycles. The Morgan fingerprint density at radius 2 is 2.07 bits per heavy atom. The fourth-order valence-electron chi connectivity index (χ4n) is 2.58. The van der Waals surface area contributed by atoms with Crippen molar-refractivity contribution in [3.63, 3.8) is 0 Å². The van der Waals surface area contributed by atoms with E-state index in [1.54, 1.807) is 17.8 Å². The van der Waals surface area contributed by atoms with Crippen molar-refractivity contribution in [2.45, 2.75) is 33.4 Å². The molecule has 0 atom stereocenters. The number of rotatable bonds is 5. The lowest BCUT2D eigenvalue weighted by molar-refractivity contribution is -0.143. The molecule has 0 N–H and O–H groups in total. The zero-order valence-electron chi connectivity index (χ0n) is 15.5. The topological polar surface area (TPSA) is 78.5 Å². The molecule has 0 spiro atoms. The first-order chi connectivity index (χ1) is 13.3. The van der Waals surface area contributed by atoms with Crippen LogP contribution in [0.25, 0.3) is 10.2 Å². The molecule has 0 saturated heterocycles. The van der Waals surface area contributed by atoms with Crippen molar-refractivity contribution < 1.29 is 23.1 Å². The van der Waals surface area contributed by atoms with Gasteiger partial charge in [0.05, 0.1) is 16.8 Å². The van der Waals surface area contributed by atoms with E-state index in [0.717, 1.165) is 17.4 Å². The molecule has 2 aromatic heterocycles. The lowest BCUT2D eigenvalue weighted by Gasteiger charge is -2.05. The van der Waals surface area contributed by atoms with Crippen LogP contribution in [0.3, 0.4) is 0 Å². The Balaban J connectivity index is 2.12. The number of esters is 1. The highest BCUT2D eigenvalue weighted by atomic mass is 32.1. The molecule has 0 aliphatic rings. The molecule has 0 aliphatic carbocycles. The zero-order chi connectivity index (χ0) is 20.4. The summed E-state index contributed by atoms with van der Waals surface area (Å²) >= 11 is 0.902. The summed E-state index contributed by atoms with van der Waals surface area (Å²) in [5.74, 6) is -2.88. The Kier molecular flexibility index (Phi) is 5.68. The average molecular weight is 408 g/mol. The van der Waals surface area contributed by atoms with Gasteiger partial charge in [-0.2, -0.15) is 10.1 Å². The number of nitrogens with zero attached hydrogens (tertiary/aromatic N) is 4. The Morgan fingerprint density at radius 3 is 2.71 bits per heavy atom. The second kappa shape index (κ2) is 8.01. The van der Waals surface area contributed by atoms with E-state index in [1.165, 1.54) is 10.6 Å². The van der Waals surface area contributed by atoms with Gasteiger partial charge in [0, 0.05) is 18.3 Å². The molecule has 3 rings (SSSR count). The van der Waals surface area contributed by atoms with Crippen LogP contribution in [0.15, 0.2) is 29.4 Å². The quantitative estimate of drug-likeness (QED) is 0.608. The molecule has 1 aromatic carbocycles. The lowest BCUT2D eigenvalue weighted by Crippen LogP contribution is -2.23. The summed E-state index contributed by atoms with van der Waals surface area (Å²) in [6, 6.07) is 3.43. The minimum atomic E-state index is -0.853. The van der Waals surface area contributed by atoms with Crippen molar-refractivity contribution in [3.05, 3.63) is 46.5 Å². The second-order valence-electron chi connectivity index (χ2n) is 6.20. The molecule has 7 nitrogen and oxygen atoms in total. The largest absolute Gasteiger partial charge is 0.465 e. The standard InChI is InChI=1S/C18H18F2N4O3S/c1-4-27-15(25)9-23-16-12(20)7-11(19)8-14(16)28-18(23)21-17(26)13-5-6-24(22-13)10(2)3/h5-8,10H,4,9H2,1-3H3. The number of aromatic nitrogens is 3. The van der Waals surface area contributed by atoms with Crippen LogP contribution < -0.4 is 4.80 Å². The van der Waals surface area contributed by atoms with Gasteiger partial charge in [-0.1, -0.05) is 11.3 Å². The molecule has 0 unspecified atom stereocenters. The summed E-state index contributed by atoms with van der Waals surface area (Å²) in [7, 11) is 0. The highest BCUT2D eigenvalue weighted by Gasteiger charge is 2.18. The molecule has 0 aliphatic heterocycles. The maximum atomic E-state index is 14.4. The SMILES string of the molecule is CCOC(=O)Cn1c(=NC(=O)c2ccn(C(C)C)n2)sc2cc(F)cc(F)c21. The minimum Gasteiger partial charge on any atom is -0.465 e. The van der Waals surface area contributed by atoms with Crippen molar-refractivity contribution in [1.29, 1.82) is 0 Å². The van der Waals surface area contributed by atoms with Crippen LogP contribution in [-0.4, -0.2) is 32.8 Å². The van der Waals surface area contributed by atoms with Gasteiger partial charge in [0.2, 0.25) is 0 Å². The molecule has 148 valence electrons. The van der Waals surface area contributed by atoms with Crippen molar-refractivity contribution >= 4 is 33.4 Å². The number of hydrogen-bond donors (Lipinski definition) is 0. The fraction of sp³-hybridized carbons (Fsp3) is 0.333. The van der Waals surface area contributed by atoms with Gasteiger partial charge >= 0.3 is 5.97 Å². The average Bonchev–Trinajstić information content (AvgIpc) is 3.21. The maximum Gasteiger partial charge on any atom is 0.326 e. The van der Waals surface area contributed by atoms with Gasteiger partial charge in [0.1, 0.15) is 12.4 Å². The van der Waals surface area contributed by atoms with Crippen LogP contribution in [0.4, 0.5) is 8.78 Å². The van der Waals surface area contributed by atoms with Crippen LogP contribution >= 0.6 is 11.3 Å². The van der Waals surface area contributed by atoms with Gasteiger partial charge in [-0.3, -0.25) is 14.3 Å². The number of hydrogen-bond acceptors (Lipinski definition) is 5. The first-order valence-electron chi connectivity index (χ1n) is 8.58. The second-order valence-corrected chi connectivity index (χ2v) is 7.21. The zero-order valence-corrected chi connectivity index (χ0v) is 16.3. The molecule has 0 radical (unpaired) electrons. The van der Waals surface area contributed by atoms with Crippen LogP contribution in [0.5, 0.6) is 0 Å². The Morgan fingerprint density at radius 1 is 1.32 bits per heavy atom. The molecule has 0 fully saturated rings. The number of benzene rings is 1. The van der Waals surface area contributed by atoms with E-state index in [-0.39, 0.29) is 39.9 Å². The normalized spacial score (nSPS) is 12.1. The minimum absolute atomic E-state index is 0.0151.